The summed E-state index contributed by atoms with van der Waals surface area (Å²) in [5.41, 5.74) is 2.19. The van der Waals surface area contributed by atoms with Crippen molar-refractivity contribution in [2.45, 2.75) is 54.1 Å². The van der Waals surface area contributed by atoms with Gasteiger partial charge in [-0.25, -0.2) is 4.79 Å². The van der Waals surface area contributed by atoms with E-state index in [9.17, 15) is 14.4 Å². The molecule has 0 saturated carbocycles. The Morgan fingerprint density at radius 3 is 2.33 bits per heavy atom. The van der Waals surface area contributed by atoms with Crippen LogP contribution in [0.2, 0.25) is 0 Å². The minimum absolute atomic E-state index is 0.126. The minimum Gasteiger partial charge on any atom is -0.490 e. The largest absolute Gasteiger partial charge is 0.490 e. The van der Waals surface area contributed by atoms with Crippen LogP contribution < -0.4 is 9.47 Å². The molecule has 0 saturated heterocycles. The monoisotopic (exact) mass is 415 g/mol. The maximum absolute atomic E-state index is 12.8. The van der Waals surface area contributed by atoms with Gasteiger partial charge in [0, 0.05) is 11.3 Å². The molecule has 0 aliphatic rings. The Kier molecular flexibility index (Phi) is 7.80. The van der Waals surface area contributed by atoms with E-state index in [-0.39, 0.29) is 17.0 Å². The molecule has 1 N–H and O–H groups in total. The lowest BCUT2D eigenvalue weighted by molar-refractivity contribution is 0.0316. The third-order valence-electron chi connectivity index (χ3n) is 4.63. The summed E-state index contributed by atoms with van der Waals surface area (Å²) in [7, 11) is 0. The molecule has 0 fully saturated rings. The molecule has 1 atom stereocenters. The number of aromatic nitrogens is 1. The average Bonchev–Trinajstić information content (AvgIpc) is 3.00. The Bertz CT molecular complexity index is 943. The fraction of sp³-hybridized carbons (Fsp3) is 0.435. The summed E-state index contributed by atoms with van der Waals surface area (Å²) >= 11 is 0. The van der Waals surface area contributed by atoms with Crippen LogP contribution in [0.25, 0.3) is 0 Å². The molecule has 0 spiro atoms. The quantitative estimate of drug-likeness (QED) is 0.455. The van der Waals surface area contributed by atoms with Gasteiger partial charge in [-0.05, 0) is 64.8 Å². The number of carbonyl (C=O) groups is 3. The lowest BCUT2D eigenvalue weighted by Gasteiger charge is -2.15. The summed E-state index contributed by atoms with van der Waals surface area (Å²) in [4.78, 5) is 40.1. The molecule has 0 aliphatic carbocycles. The number of benzene rings is 1. The third-order valence-corrected chi connectivity index (χ3v) is 4.63. The molecule has 0 amide bonds. The number of ketones is 2. The Morgan fingerprint density at radius 2 is 1.77 bits per heavy atom. The van der Waals surface area contributed by atoms with Gasteiger partial charge in [-0.15, -0.1) is 0 Å². The van der Waals surface area contributed by atoms with Crippen molar-refractivity contribution in [3.63, 3.8) is 0 Å². The SMILES string of the molecule is CCCOc1ccc(C(=O)O[C@@H](C)C(=O)c2[nH]c(C)c(C(C)=O)c2C)cc1OCC. The highest BCUT2D eigenvalue weighted by atomic mass is 16.5. The Hall–Kier alpha value is -3.09. The van der Waals surface area contributed by atoms with Crippen LogP contribution in [0.4, 0.5) is 0 Å². The van der Waals surface area contributed by atoms with Crippen molar-refractivity contribution in [2.75, 3.05) is 13.2 Å². The summed E-state index contributed by atoms with van der Waals surface area (Å²) in [6, 6.07) is 4.78. The van der Waals surface area contributed by atoms with E-state index in [0.717, 1.165) is 6.42 Å². The van der Waals surface area contributed by atoms with E-state index < -0.39 is 17.9 Å². The normalized spacial score (nSPS) is 11.7. The van der Waals surface area contributed by atoms with Gasteiger partial charge in [-0.3, -0.25) is 9.59 Å². The van der Waals surface area contributed by atoms with Gasteiger partial charge >= 0.3 is 5.97 Å². The molecular weight excluding hydrogens is 386 g/mol. The van der Waals surface area contributed by atoms with Crippen LogP contribution in [-0.4, -0.2) is 41.8 Å². The number of hydrogen-bond donors (Lipinski definition) is 1. The summed E-state index contributed by atoms with van der Waals surface area (Å²) < 4.78 is 16.6. The van der Waals surface area contributed by atoms with Crippen LogP contribution in [0, 0.1) is 13.8 Å². The zero-order chi connectivity index (χ0) is 22.4. The summed E-state index contributed by atoms with van der Waals surface area (Å²) in [5, 5.41) is 0. The molecule has 0 aliphatic heterocycles. The number of ether oxygens (including phenoxy) is 3. The van der Waals surface area contributed by atoms with Crippen LogP contribution in [-0.2, 0) is 4.74 Å². The smallest absolute Gasteiger partial charge is 0.338 e. The van der Waals surface area contributed by atoms with Crippen LogP contribution in [0.1, 0.15) is 76.6 Å². The van der Waals surface area contributed by atoms with Gasteiger partial charge in [0.1, 0.15) is 0 Å². The van der Waals surface area contributed by atoms with E-state index in [0.29, 0.717) is 41.5 Å². The van der Waals surface area contributed by atoms with Gasteiger partial charge < -0.3 is 19.2 Å². The number of aromatic amines is 1. The Labute approximate surface area is 176 Å². The third kappa shape index (κ3) is 5.09. The standard InChI is InChI=1S/C23H29NO6/c1-7-11-29-18-10-9-17(12-19(18)28-8-2)23(27)30-16(6)22(26)21-13(3)20(15(5)25)14(4)24-21/h9-10,12,16,24H,7-8,11H2,1-6H3/t16-/m0/s1. The number of hydrogen-bond acceptors (Lipinski definition) is 6. The molecule has 2 aromatic rings. The van der Waals surface area contributed by atoms with E-state index in [2.05, 4.69) is 4.98 Å². The summed E-state index contributed by atoms with van der Waals surface area (Å²) in [5.74, 6) is -0.176. The van der Waals surface area contributed by atoms with Gasteiger partial charge in [0.05, 0.1) is 24.5 Å². The van der Waals surface area contributed by atoms with E-state index in [1.165, 1.54) is 13.8 Å². The molecular formula is C23H29NO6. The molecule has 0 bridgehead atoms. The van der Waals surface area contributed by atoms with E-state index in [4.69, 9.17) is 14.2 Å². The molecule has 7 heteroatoms. The number of rotatable bonds is 10. The van der Waals surface area contributed by atoms with Crippen LogP contribution >= 0.6 is 0 Å². The van der Waals surface area contributed by atoms with Gasteiger partial charge in [-0.1, -0.05) is 6.92 Å². The molecule has 1 aromatic heterocycles. The van der Waals surface area contributed by atoms with Crippen molar-refractivity contribution in [1.29, 1.82) is 0 Å². The number of carbonyl (C=O) groups excluding carboxylic acids is 3. The van der Waals surface area contributed by atoms with Gasteiger partial charge in [0.2, 0.25) is 5.78 Å². The lowest BCUT2D eigenvalue weighted by Crippen LogP contribution is -2.25. The van der Waals surface area contributed by atoms with Crippen molar-refractivity contribution in [2.24, 2.45) is 0 Å². The van der Waals surface area contributed by atoms with Crippen molar-refractivity contribution >= 4 is 17.5 Å². The first-order valence-electron chi connectivity index (χ1n) is 10.1. The molecule has 2 rings (SSSR count). The first kappa shape index (κ1) is 23.2. The first-order valence-corrected chi connectivity index (χ1v) is 10.1. The number of esters is 1. The van der Waals surface area contributed by atoms with Gasteiger partial charge in [-0.2, -0.15) is 0 Å². The average molecular weight is 415 g/mol. The highest BCUT2D eigenvalue weighted by Crippen LogP contribution is 2.29. The summed E-state index contributed by atoms with van der Waals surface area (Å²) in [6.45, 7) is 11.2. The Morgan fingerprint density at radius 1 is 1.07 bits per heavy atom. The molecule has 1 aromatic carbocycles. The predicted molar refractivity (Wildman–Crippen MR) is 113 cm³/mol. The second-order valence-corrected chi connectivity index (χ2v) is 7.04. The maximum Gasteiger partial charge on any atom is 0.338 e. The highest BCUT2D eigenvalue weighted by Gasteiger charge is 2.26. The highest BCUT2D eigenvalue weighted by molar-refractivity contribution is 6.05. The molecule has 7 nitrogen and oxygen atoms in total. The second-order valence-electron chi connectivity index (χ2n) is 7.04. The van der Waals surface area contributed by atoms with Crippen LogP contribution in [0.5, 0.6) is 11.5 Å². The van der Waals surface area contributed by atoms with Gasteiger partial charge in [0.25, 0.3) is 0 Å². The van der Waals surface area contributed by atoms with Crippen molar-refractivity contribution in [1.82, 2.24) is 4.98 Å². The van der Waals surface area contributed by atoms with E-state index >= 15 is 0 Å². The van der Waals surface area contributed by atoms with Crippen LogP contribution in [0.3, 0.4) is 0 Å². The fourth-order valence-corrected chi connectivity index (χ4v) is 3.24. The number of aryl methyl sites for hydroxylation is 1. The first-order chi connectivity index (χ1) is 14.2. The van der Waals surface area contributed by atoms with Crippen molar-refractivity contribution in [3.8, 4) is 11.5 Å². The second kappa shape index (κ2) is 10.1. The molecule has 162 valence electrons. The van der Waals surface area contributed by atoms with Crippen LogP contribution in [0.15, 0.2) is 18.2 Å². The van der Waals surface area contributed by atoms with Gasteiger partial charge in [0.15, 0.2) is 23.4 Å². The topological polar surface area (TPSA) is 94.7 Å². The summed E-state index contributed by atoms with van der Waals surface area (Å²) in [6.07, 6.45) is -0.182. The predicted octanol–water partition coefficient (Wildman–Crippen LogP) is 4.45. The number of H-pyrrole nitrogens is 1. The van der Waals surface area contributed by atoms with E-state index in [1.807, 2.05) is 13.8 Å². The molecule has 1 heterocycles. The molecule has 0 radical (unpaired) electrons. The maximum atomic E-state index is 12.8. The molecule has 30 heavy (non-hydrogen) atoms. The zero-order valence-corrected chi connectivity index (χ0v) is 18.4. The van der Waals surface area contributed by atoms with Crippen molar-refractivity contribution in [3.05, 3.63) is 46.3 Å². The Balaban J connectivity index is 2.19. The number of Topliss-reactive ketones (excluding diaryl/α,β-unsaturated/α-hetero) is 2. The fourth-order valence-electron chi connectivity index (χ4n) is 3.24. The lowest BCUT2D eigenvalue weighted by atomic mass is 10.0. The molecule has 0 unspecified atom stereocenters. The zero-order valence-electron chi connectivity index (χ0n) is 18.4. The minimum atomic E-state index is -1.03. The van der Waals surface area contributed by atoms with E-state index in [1.54, 1.807) is 32.0 Å². The van der Waals surface area contributed by atoms with Crippen molar-refractivity contribution < 1.29 is 28.6 Å². The number of nitrogens with one attached hydrogen (secondary N) is 1.